The lowest BCUT2D eigenvalue weighted by atomic mass is 9.86. The zero-order chi connectivity index (χ0) is 26.4. The van der Waals surface area contributed by atoms with E-state index in [1.165, 1.54) is 11.1 Å². The van der Waals surface area contributed by atoms with Gasteiger partial charge in [-0.25, -0.2) is 0 Å². The Hall–Kier alpha value is -3.60. The smallest absolute Gasteiger partial charge is 0.0460 e. The van der Waals surface area contributed by atoms with Crippen LogP contribution in [0.1, 0.15) is 25.0 Å². The van der Waals surface area contributed by atoms with E-state index in [2.05, 4.69) is 156 Å². The van der Waals surface area contributed by atoms with E-state index in [-0.39, 0.29) is 12.1 Å². The highest BCUT2D eigenvalue weighted by atomic mass is 15.1. The molecule has 4 unspecified atom stereocenters. The van der Waals surface area contributed by atoms with E-state index in [4.69, 9.17) is 0 Å². The van der Waals surface area contributed by atoms with Gasteiger partial charge in [0.25, 0.3) is 0 Å². The molecule has 4 rings (SSSR count). The van der Waals surface area contributed by atoms with Gasteiger partial charge in [-0.3, -0.25) is 0 Å². The average Bonchev–Trinajstić information content (AvgIpc) is 2.97. The average molecular weight is 507 g/mol. The van der Waals surface area contributed by atoms with E-state index in [0.717, 1.165) is 37.6 Å². The van der Waals surface area contributed by atoms with Gasteiger partial charge in [0, 0.05) is 43.1 Å². The van der Waals surface area contributed by atoms with Crippen LogP contribution >= 0.6 is 0 Å². The molecule has 4 nitrogen and oxygen atoms in total. The van der Waals surface area contributed by atoms with Gasteiger partial charge in [-0.15, -0.1) is 0 Å². The van der Waals surface area contributed by atoms with E-state index in [1.807, 2.05) is 0 Å². The van der Waals surface area contributed by atoms with Crippen LogP contribution in [0.2, 0.25) is 0 Å². The summed E-state index contributed by atoms with van der Waals surface area (Å²) in [7, 11) is 0. The van der Waals surface area contributed by atoms with Crippen LogP contribution in [0.25, 0.3) is 0 Å². The number of benzene rings is 4. The minimum absolute atomic E-state index is 0.214. The molecule has 0 spiro atoms. The zero-order valence-electron chi connectivity index (χ0n) is 22.7. The minimum atomic E-state index is 0.214. The number of hydrogen-bond acceptors (Lipinski definition) is 4. The highest BCUT2D eigenvalue weighted by Crippen LogP contribution is 2.22. The Bertz CT molecular complexity index is 1150. The van der Waals surface area contributed by atoms with Crippen molar-refractivity contribution in [2.24, 2.45) is 11.8 Å². The first kappa shape index (κ1) is 27.4. The van der Waals surface area contributed by atoms with Gasteiger partial charge < -0.3 is 21.3 Å². The summed E-state index contributed by atoms with van der Waals surface area (Å²) in [5, 5.41) is 15.2. The van der Waals surface area contributed by atoms with Gasteiger partial charge >= 0.3 is 0 Å². The summed E-state index contributed by atoms with van der Waals surface area (Å²) in [4.78, 5) is 0. The van der Waals surface area contributed by atoms with Gasteiger partial charge in [-0.1, -0.05) is 111 Å². The third-order valence-corrected chi connectivity index (χ3v) is 7.15. The summed E-state index contributed by atoms with van der Waals surface area (Å²) >= 11 is 0. The third-order valence-electron chi connectivity index (χ3n) is 7.15. The van der Waals surface area contributed by atoms with Gasteiger partial charge in [-0.05, 0) is 53.8 Å². The Morgan fingerprint density at radius 3 is 1.55 bits per heavy atom. The lowest BCUT2D eigenvalue weighted by Gasteiger charge is -2.38. The van der Waals surface area contributed by atoms with Crippen molar-refractivity contribution >= 4 is 11.4 Å². The highest BCUT2D eigenvalue weighted by molar-refractivity contribution is 5.45. The summed E-state index contributed by atoms with van der Waals surface area (Å²) in [6, 6.07) is 42.9. The summed E-state index contributed by atoms with van der Waals surface area (Å²) in [6.07, 6.45) is 0. The van der Waals surface area contributed by atoms with Crippen LogP contribution in [0.3, 0.4) is 0 Å². The Kier molecular flexibility index (Phi) is 10.8. The highest BCUT2D eigenvalue weighted by Gasteiger charge is 2.31. The topological polar surface area (TPSA) is 48.1 Å². The molecule has 0 aliphatic carbocycles. The fourth-order valence-electron chi connectivity index (χ4n) is 4.96. The predicted octanol–water partition coefficient (Wildman–Crippen LogP) is 6.80. The maximum absolute atomic E-state index is 3.95. The first-order valence-electron chi connectivity index (χ1n) is 13.8. The van der Waals surface area contributed by atoms with E-state index in [0.29, 0.717) is 11.8 Å². The van der Waals surface area contributed by atoms with Crippen molar-refractivity contribution in [2.75, 3.05) is 23.7 Å². The molecule has 4 heteroatoms. The van der Waals surface area contributed by atoms with Crippen LogP contribution in [-0.4, -0.2) is 25.2 Å². The zero-order valence-corrected chi connectivity index (χ0v) is 22.7. The SMILES string of the molecule is CC(CNCc1ccccc1)C(NCc1ccccc1)C(Nc1ccccc1)C(C)CNc1ccccc1. The van der Waals surface area contributed by atoms with Gasteiger partial charge in [0.1, 0.15) is 0 Å². The lowest BCUT2D eigenvalue weighted by Crippen LogP contribution is -2.54. The molecule has 0 amide bonds. The summed E-state index contributed by atoms with van der Waals surface area (Å²) in [5.41, 5.74) is 4.92. The van der Waals surface area contributed by atoms with Gasteiger partial charge in [-0.2, -0.15) is 0 Å². The van der Waals surface area contributed by atoms with Gasteiger partial charge in [0.15, 0.2) is 0 Å². The second-order valence-corrected chi connectivity index (χ2v) is 10.2. The molecule has 0 aromatic heterocycles. The fourth-order valence-corrected chi connectivity index (χ4v) is 4.96. The molecule has 0 aliphatic heterocycles. The van der Waals surface area contributed by atoms with E-state index in [1.54, 1.807) is 0 Å². The monoisotopic (exact) mass is 506 g/mol. The van der Waals surface area contributed by atoms with Crippen molar-refractivity contribution in [3.8, 4) is 0 Å². The predicted molar refractivity (Wildman–Crippen MR) is 162 cm³/mol. The van der Waals surface area contributed by atoms with Crippen molar-refractivity contribution < 1.29 is 0 Å². The third kappa shape index (κ3) is 8.76. The fraction of sp³-hybridized carbons (Fsp3) is 0.294. The molecule has 4 aromatic carbocycles. The summed E-state index contributed by atoms with van der Waals surface area (Å²) in [6.45, 7) is 8.21. The van der Waals surface area contributed by atoms with E-state index >= 15 is 0 Å². The molecule has 0 saturated carbocycles. The molecule has 4 atom stereocenters. The molecule has 0 saturated heterocycles. The summed E-state index contributed by atoms with van der Waals surface area (Å²) < 4.78 is 0. The van der Waals surface area contributed by atoms with Crippen LogP contribution in [-0.2, 0) is 13.1 Å². The van der Waals surface area contributed by atoms with Crippen LogP contribution in [0.15, 0.2) is 121 Å². The van der Waals surface area contributed by atoms with Crippen LogP contribution < -0.4 is 21.3 Å². The van der Waals surface area contributed by atoms with Crippen LogP contribution in [0.4, 0.5) is 11.4 Å². The van der Waals surface area contributed by atoms with E-state index in [9.17, 15) is 0 Å². The van der Waals surface area contributed by atoms with Crippen LogP contribution in [0, 0.1) is 11.8 Å². The van der Waals surface area contributed by atoms with Gasteiger partial charge in [0.05, 0.1) is 0 Å². The van der Waals surface area contributed by atoms with Crippen molar-refractivity contribution in [2.45, 2.75) is 39.0 Å². The molecular weight excluding hydrogens is 464 g/mol. The van der Waals surface area contributed by atoms with Crippen LogP contribution in [0.5, 0.6) is 0 Å². The first-order chi connectivity index (χ1) is 18.7. The first-order valence-corrected chi connectivity index (χ1v) is 13.8. The Balaban J connectivity index is 1.51. The molecule has 4 N–H and O–H groups in total. The van der Waals surface area contributed by atoms with Crippen molar-refractivity contribution in [3.63, 3.8) is 0 Å². The van der Waals surface area contributed by atoms with E-state index < -0.39 is 0 Å². The van der Waals surface area contributed by atoms with Gasteiger partial charge in [0.2, 0.25) is 0 Å². The number of rotatable bonds is 15. The molecule has 0 aliphatic rings. The molecule has 4 aromatic rings. The maximum atomic E-state index is 3.95. The number of para-hydroxylation sites is 2. The molecular formula is C34H42N4. The summed E-state index contributed by atoms with van der Waals surface area (Å²) in [5.74, 6) is 0.753. The number of anilines is 2. The Morgan fingerprint density at radius 1 is 0.500 bits per heavy atom. The molecule has 0 heterocycles. The molecule has 38 heavy (non-hydrogen) atoms. The molecule has 0 fully saturated rings. The number of nitrogens with one attached hydrogen (secondary N) is 4. The second-order valence-electron chi connectivity index (χ2n) is 10.2. The Labute approximate surface area is 228 Å². The van der Waals surface area contributed by atoms with Crippen molar-refractivity contribution in [1.82, 2.24) is 10.6 Å². The lowest BCUT2D eigenvalue weighted by molar-refractivity contribution is 0.281. The normalized spacial score (nSPS) is 14.3. The molecule has 0 bridgehead atoms. The molecule has 198 valence electrons. The minimum Gasteiger partial charge on any atom is -0.385 e. The standard InChI is InChI=1S/C34H42N4/c1-27(23-35-25-29-15-7-3-8-16-29)33(37-26-30-17-9-4-10-18-30)34(38-32-21-13-6-14-22-32)28(2)24-36-31-19-11-5-12-20-31/h3-22,27-28,33-38H,23-26H2,1-2H3. The number of hydrogen-bond donors (Lipinski definition) is 4. The largest absolute Gasteiger partial charge is 0.385 e. The van der Waals surface area contributed by atoms with Crippen molar-refractivity contribution in [3.05, 3.63) is 132 Å². The van der Waals surface area contributed by atoms with Crippen molar-refractivity contribution in [1.29, 1.82) is 0 Å². The Morgan fingerprint density at radius 2 is 0.974 bits per heavy atom. The quantitative estimate of drug-likeness (QED) is 0.143. The second kappa shape index (κ2) is 15.0. The maximum Gasteiger partial charge on any atom is 0.0460 e. The molecule has 0 radical (unpaired) electrons.